The Hall–Kier alpha value is -2.44. The smallest absolute Gasteiger partial charge is 0.273 e. The molecule has 1 heterocycles. The van der Waals surface area contributed by atoms with Crippen molar-refractivity contribution in [3.8, 4) is 0 Å². The Morgan fingerprint density at radius 2 is 1.84 bits per heavy atom. The first-order valence-corrected chi connectivity index (χ1v) is 8.94. The maximum atomic E-state index is 12.6. The minimum absolute atomic E-state index is 0.189. The molecule has 1 aliphatic heterocycles. The average molecular weight is 368 g/mol. The van der Waals surface area contributed by atoms with E-state index in [1.807, 2.05) is 61.5 Å². The Balaban J connectivity index is 1.71. The number of amides is 2. The third-order valence-corrected chi connectivity index (χ3v) is 5.01. The zero-order chi connectivity index (χ0) is 17.8. The lowest BCUT2D eigenvalue weighted by atomic mass is 10.1. The first-order valence-electron chi connectivity index (χ1n) is 7.71. The molecule has 126 valence electrons. The second kappa shape index (κ2) is 7.63. The summed E-state index contributed by atoms with van der Waals surface area (Å²) in [4.78, 5) is 25.2. The maximum Gasteiger partial charge on any atom is 0.285 e. The molecular weight excluding hydrogens is 352 g/mol. The van der Waals surface area contributed by atoms with E-state index in [0.717, 1.165) is 21.7 Å². The van der Waals surface area contributed by atoms with Crippen molar-refractivity contribution in [3.63, 3.8) is 0 Å². The van der Waals surface area contributed by atoms with Gasteiger partial charge in [-0.1, -0.05) is 66.4 Å². The predicted octanol–water partition coefficient (Wildman–Crippen LogP) is 3.47. The van der Waals surface area contributed by atoms with E-state index in [2.05, 4.69) is 5.43 Å². The number of hydrogen-bond acceptors (Lipinski definition) is 4. The van der Waals surface area contributed by atoms with Gasteiger partial charge in [-0.25, -0.2) is 0 Å². The van der Waals surface area contributed by atoms with Crippen LogP contribution in [0.15, 0.2) is 59.5 Å². The van der Waals surface area contributed by atoms with Gasteiger partial charge in [0.1, 0.15) is 0 Å². The zero-order valence-electron chi connectivity index (χ0n) is 13.6. The fourth-order valence-electron chi connectivity index (χ4n) is 2.40. The van der Waals surface area contributed by atoms with E-state index >= 15 is 0 Å². The Labute approximate surface area is 155 Å². The number of carbonyl (C=O) groups is 2. The van der Waals surface area contributed by atoms with Crippen LogP contribution in [0.1, 0.15) is 16.7 Å². The molecule has 0 aromatic heterocycles. The molecule has 0 radical (unpaired) electrons. The molecule has 2 aromatic carbocycles. The van der Waals surface area contributed by atoms with E-state index in [-0.39, 0.29) is 18.2 Å². The number of benzene rings is 2. The number of thiocarbonyl (C=S) groups is 1. The van der Waals surface area contributed by atoms with Crippen LogP contribution in [0, 0.1) is 6.92 Å². The monoisotopic (exact) mass is 368 g/mol. The number of nitrogens with zero attached hydrogens (tertiary/aromatic N) is 1. The summed E-state index contributed by atoms with van der Waals surface area (Å²) in [6.07, 6.45) is 1.99. The highest BCUT2D eigenvalue weighted by molar-refractivity contribution is 8.26. The van der Waals surface area contributed by atoms with Gasteiger partial charge in [-0.05, 0) is 41.9 Å². The Kier molecular flexibility index (Phi) is 5.31. The van der Waals surface area contributed by atoms with Crippen molar-refractivity contribution >= 4 is 46.2 Å². The van der Waals surface area contributed by atoms with Crippen LogP contribution in [-0.2, 0) is 16.0 Å². The number of carbonyl (C=O) groups excluding carboxylic acids is 2. The van der Waals surface area contributed by atoms with Gasteiger partial charge in [0.05, 0.1) is 11.3 Å². The number of hydrogen-bond donors (Lipinski definition) is 1. The maximum absolute atomic E-state index is 12.6. The van der Waals surface area contributed by atoms with Crippen LogP contribution in [-0.4, -0.2) is 21.1 Å². The number of hydrazine groups is 1. The van der Waals surface area contributed by atoms with Crippen molar-refractivity contribution in [1.29, 1.82) is 0 Å². The summed E-state index contributed by atoms with van der Waals surface area (Å²) in [6, 6.07) is 17.1. The van der Waals surface area contributed by atoms with Gasteiger partial charge in [0.25, 0.3) is 5.91 Å². The van der Waals surface area contributed by atoms with Gasteiger partial charge in [-0.15, -0.1) is 0 Å². The van der Waals surface area contributed by atoms with Crippen LogP contribution in [0.4, 0.5) is 0 Å². The normalized spacial score (nSPS) is 15.7. The Bertz CT molecular complexity index is 863. The molecule has 0 saturated carbocycles. The van der Waals surface area contributed by atoms with Crippen molar-refractivity contribution in [3.05, 3.63) is 76.2 Å². The lowest BCUT2D eigenvalue weighted by Gasteiger charge is -2.15. The molecule has 6 heteroatoms. The SMILES string of the molecule is Cc1ccccc1/C=C1\SC(=S)N(NC(=O)Cc2ccccc2)C1=O. The largest absolute Gasteiger partial charge is 0.285 e. The first-order chi connectivity index (χ1) is 12.0. The van der Waals surface area contributed by atoms with Crippen LogP contribution < -0.4 is 5.43 Å². The van der Waals surface area contributed by atoms with Crippen LogP contribution in [0.25, 0.3) is 6.08 Å². The van der Waals surface area contributed by atoms with E-state index in [9.17, 15) is 9.59 Å². The Morgan fingerprint density at radius 3 is 2.56 bits per heavy atom. The fraction of sp³-hybridized carbons (Fsp3) is 0.105. The molecule has 3 rings (SSSR count). The molecule has 4 nitrogen and oxygen atoms in total. The molecule has 1 saturated heterocycles. The molecule has 1 N–H and O–H groups in total. The lowest BCUT2D eigenvalue weighted by molar-refractivity contribution is -0.132. The number of thioether (sulfide) groups is 1. The third-order valence-electron chi connectivity index (χ3n) is 3.71. The summed E-state index contributed by atoms with van der Waals surface area (Å²) in [5.41, 5.74) is 5.50. The molecule has 0 unspecified atom stereocenters. The Morgan fingerprint density at radius 1 is 1.16 bits per heavy atom. The highest BCUT2D eigenvalue weighted by Crippen LogP contribution is 2.31. The summed E-state index contributed by atoms with van der Waals surface area (Å²) in [6.45, 7) is 1.98. The van der Waals surface area contributed by atoms with Crippen molar-refractivity contribution in [2.75, 3.05) is 0 Å². The molecule has 0 aliphatic carbocycles. The highest BCUT2D eigenvalue weighted by Gasteiger charge is 2.33. The van der Waals surface area contributed by atoms with Gasteiger partial charge < -0.3 is 0 Å². The quantitative estimate of drug-likeness (QED) is 0.663. The van der Waals surface area contributed by atoms with E-state index in [4.69, 9.17) is 12.2 Å². The van der Waals surface area contributed by atoms with E-state index < -0.39 is 0 Å². The van der Waals surface area contributed by atoms with E-state index in [1.165, 1.54) is 11.8 Å². The molecular formula is C19H16N2O2S2. The molecule has 1 aliphatic rings. The summed E-state index contributed by atoms with van der Waals surface area (Å²) in [7, 11) is 0. The van der Waals surface area contributed by atoms with E-state index in [1.54, 1.807) is 6.08 Å². The van der Waals surface area contributed by atoms with Crippen molar-refractivity contribution in [1.82, 2.24) is 10.4 Å². The summed E-state index contributed by atoms with van der Waals surface area (Å²) in [5.74, 6) is -0.584. The van der Waals surface area contributed by atoms with Crippen molar-refractivity contribution < 1.29 is 9.59 Å². The van der Waals surface area contributed by atoms with Gasteiger partial charge in [0, 0.05) is 0 Å². The third kappa shape index (κ3) is 4.15. The standard InChI is InChI=1S/C19H16N2O2S2/c1-13-7-5-6-10-15(13)12-16-18(23)21(19(24)25-16)20-17(22)11-14-8-3-2-4-9-14/h2-10,12H,11H2,1H3,(H,20,22)/b16-12-. The summed E-state index contributed by atoms with van der Waals surface area (Å²) < 4.78 is 0.325. The molecule has 0 spiro atoms. The summed E-state index contributed by atoms with van der Waals surface area (Å²) >= 11 is 6.43. The van der Waals surface area contributed by atoms with Crippen LogP contribution in [0.3, 0.4) is 0 Å². The minimum atomic E-state index is -0.306. The second-order valence-corrected chi connectivity index (χ2v) is 7.25. The number of aryl methyl sites for hydroxylation is 1. The number of rotatable bonds is 4. The predicted molar refractivity (Wildman–Crippen MR) is 104 cm³/mol. The molecule has 0 atom stereocenters. The fourth-order valence-corrected chi connectivity index (χ4v) is 3.57. The van der Waals surface area contributed by atoms with Gasteiger partial charge in [-0.2, -0.15) is 5.01 Å². The van der Waals surface area contributed by atoms with Crippen LogP contribution in [0.5, 0.6) is 0 Å². The summed E-state index contributed by atoms with van der Waals surface area (Å²) in [5, 5.41) is 1.15. The highest BCUT2D eigenvalue weighted by atomic mass is 32.2. The molecule has 1 fully saturated rings. The minimum Gasteiger partial charge on any atom is -0.273 e. The van der Waals surface area contributed by atoms with Crippen molar-refractivity contribution in [2.45, 2.75) is 13.3 Å². The molecule has 2 amide bonds. The number of nitrogens with one attached hydrogen (secondary N) is 1. The van der Waals surface area contributed by atoms with Crippen molar-refractivity contribution in [2.24, 2.45) is 0 Å². The lowest BCUT2D eigenvalue weighted by Crippen LogP contribution is -2.45. The average Bonchev–Trinajstić information content (AvgIpc) is 2.85. The van der Waals surface area contributed by atoms with Gasteiger partial charge >= 0.3 is 0 Å². The van der Waals surface area contributed by atoms with Crippen LogP contribution >= 0.6 is 24.0 Å². The van der Waals surface area contributed by atoms with Crippen LogP contribution in [0.2, 0.25) is 0 Å². The molecule has 2 aromatic rings. The topological polar surface area (TPSA) is 49.4 Å². The van der Waals surface area contributed by atoms with E-state index in [0.29, 0.717) is 9.23 Å². The molecule has 0 bridgehead atoms. The molecule has 25 heavy (non-hydrogen) atoms. The second-order valence-electron chi connectivity index (χ2n) is 5.57. The van der Waals surface area contributed by atoms with Gasteiger partial charge in [0.2, 0.25) is 5.91 Å². The first kappa shape index (κ1) is 17.4. The van der Waals surface area contributed by atoms with Gasteiger partial charge in [0.15, 0.2) is 4.32 Å². The van der Waals surface area contributed by atoms with Gasteiger partial charge in [-0.3, -0.25) is 15.0 Å². The zero-order valence-corrected chi connectivity index (χ0v) is 15.2.